The molecule has 0 spiro atoms. The van der Waals surface area contributed by atoms with Gasteiger partial charge in [0, 0.05) is 49.8 Å². The number of fused-ring (bicyclic) bond motifs is 5. The highest BCUT2D eigenvalue weighted by atomic mass is 31.0. The van der Waals surface area contributed by atoms with Gasteiger partial charge in [-0.25, -0.2) is 0 Å². The number of rotatable bonds is 10. The Morgan fingerprint density at radius 1 is 0.970 bits per heavy atom. The molecule has 0 saturated carbocycles. The molecule has 0 amide bonds. The van der Waals surface area contributed by atoms with Gasteiger partial charge >= 0.3 is 0 Å². The van der Waals surface area contributed by atoms with Crippen molar-refractivity contribution < 1.29 is 9.53 Å². The number of ether oxygens (including phenoxy) is 1. The quantitative estimate of drug-likeness (QED) is 0.296. The number of nitrogens with zero attached hydrogens (tertiary/aromatic N) is 4. The van der Waals surface area contributed by atoms with Crippen molar-refractivity contribution in [3.8, 4) is 22.5 Å². The summed E-state index contributed by atoms with van der Waals surface area (Å²) in [7, 11) is 4.27. The van der Waals surface area contributed by atoms with Crippen molar-refractivity contribution in [1.29, 1.82) is 0 Å². The van der Waals surface area contributed by atoms with Gasteiger partial charge < -0.3 is 9.64 Å². The van der Waals surface area contributed by atoms with Gasteiger partial charge in [-0.05, 0) is 24.5 Å². The highest BCUT2D eigenvalue weighted by Gasteiger charge is 2.27. The van der Waals surface area contributed by atoms with Crippen LogP contribution in [0.15, 0.2) is 48.5 Å². The zero-order valence-electron chi connectivity index (χ0n) is 19.4. The predicted octanol–water partition coefficient (Wildman–Crippen LogP) is 5.43. The molecule has 174 valence electrons. The summed E-state index contributed by atoms with van der Waals surface area (Å²) in [6.45, 7) is 2.64. The minimum Gasteiger partial charge on any atom is -0.385 e. The van der Waals surface area contributed by atoms with E-state index in [1.54, 1.807) is 7.11 Å². The zero-order valence-corrected chi connectivity index (χ0v) is 20.5. The van der Waals surface area contributed by atoms with Crippen molar-refractivity contribution in [3.63, 3.8) is 0 Å². The summed E-state index contributed by atoms with van der Waals surface area (Å²) in [6.07, 6.45) is 7.53. The molecule has 0 saturated heterocycles. The van der Waals surface area contributed by atoms with Gasteiger partial charge in [-0.2, -0.15) is 4.68 Å². The molecule has 7 heteroatoms. The lowest BCUT2D eigenvalue weighted by atomic mass is 9.95. The average molecular weight is 465 g/mol. The number of hydrogen-bond donors (Lipinski definition) is 0. The summed E-state index contributed by atoms with van der Waals surface area (Å²) < 4.78 is 6.62. The van der Waals surface area contributed by atoms with Gasteiger partial charge in [0.25, 0.3) is 5.91 Å². The van der Waals surface area contributed by atoms with E-state index >= 15 is 0 Å². The molecular formula is C26H33N4O2P. The van der Waals surface area contributed by atoms with Gasteiger partial charge in [-0.3, -0.25) is 4.79 Å². The Balaban J connectivity index is 1.62. The van der Waals surface area contributed by atoms with Crippen LogP contribution in [-0.2, 0) is 11.3 Å². The first-order valence-electron chi connectivity index (χ1n) is 11.8. The van der Waals surface area contributed by atoms with Crippen molar-refractivity contribution >= 4 is 20.8 Å². The van der Waals surface area contributed by atoms with Crippen molar-refractivity contribution in [3.05, 3.63) is 54.1 Å². The first-order chi connectivity index (χ1) is 16.2. The summed E-state index contributed by atoms with van der Waals surface area (Å²) >= 11 is 0. The minimum absolute atomic E-state index is 0.0818. The molecule has 0 radical (unpaired) electrons. The average Bonchev–Trinajstić information content (AvgIpc) is 3.28. The summed E-state index contributed by atoms with van der Waals surface area (Å²) in [4.78, 5) is 15.2. The van der Waals surface area contributed by atoms with E-state index in [4.69, 9.17) is 4.74 Å². The maximum absolute atomic E-state index is 12.7. The fraction of sp³-hybridized carbons (Fsp3) is 0.423. The Labute approximate surface area is 198 Å². The first kappa shape index (κ1) is 23.6. The molecule has 6 nitrogen and oxygen atoms in total. The number of anilines is 1. The van der Waals surface area contributed by atoms with Gasteiger partial charge in [0.05, 0.1) is 0 Å². The van der Waals surface area contributed by atoms with E-state index in [0.717, 1.165) is 60.7 Å². The number of benzene rings is 2. The van der Waals surface area contributed by atoms with Crippen LogP contribution in [0.25, 0.3) is 22.5 Å². The third-order valence-corrected chi connectivity index (χ3v) is 6.59. The predicted molar refractivity (Wildman–Crippen MR) is 137 cm³/mol. The molecule has 2 aromatic carbocycles. The molecule has 1 atom stereocenters. The Kier molecular flexibility index (Phi) is 8.25. The van der Waals surface area contributed by atoms with E-state index in [1.807, 2.05) is 12.1 Å². The smallest absolute Gasteiger partial charge is 0.252 e. The van der Waals surface area contributed by atoms with E-state index in [1.165, 1.54) is 35.9 Å². The molecular weight excluding hydrogens is 431 g/mol. The number of aromatic nitrogens is 3. The number of carbonyl (C=O) groups is 1. The molecule has 3 aromatic rings. The van der Waals surface area contributed by atoms with E-state index in [0.29, 0.717) is 6.16 Å². The molecule has 0 bridgehead atoms. The second-order valence-corrected chi connectivity index (χ2v) is 8.91. The third kappa shape index (κ3) is 5.34. The van der Waals surface area contributed by atoms with E-state index < -0.39 is 0 Å². The summed E-state index contributed by atoms with van der Waals surface area (Å²) in [5, 5.41) is 8.73. The Morgan fingerprint density at radius 3 is 2.45 bits per heavy atom. The Morgan fingerprint density at radius 2 is 1.67 bits per heavy atom. The van der Waals surface area contributed by atoms with Crippen LogP contribution in [0.4, 0.5) is 5.69 Å². The van der Waals surface area contributed by atoms with Crippen LogP contribution in [0.3, 0.4) is 0 Å². The van der Waals surface area contributed by atoms with E-state index in [-0.39, 0.29) is 5.91 Å². The van der Waals surface area contributed by atoms with Crippen LogP contribution in [0, 0.1) is 0 Å². The monoisotopic (exact) mass is 464 g/mol. The minimum atomic E-state index is -0.0818. The lowest BCUT2D eigenvalue weighted by Gasteiger charge is -2.30. The SMILES string of the molecule is COCCCCCCCCN1Cc2ccccc2-c2nnn(C(=O)CP)c2-c2ccccc21. The van der Waals surface area contributed by atoms with E-state index in [9.17, 15) is 4.79 Å². The second kappa shape index (κ2) is 11.5. The third-order valence-electron chi connectivity index (χ3n) is 6.24. The van der Waals surface area contributed by atoms with Crippen LogP contribution in [0.2, 0.25) is 0 Å². The molecule has 0 N–H and O–H groups in total. The maximum atomic E-state index is 12.7. The number of methoxy groups -OCH3 is 1. The molecule has 2 heterocycles. The molecule has 1 aromatic heterocycles. The number of para-hydroxylation sites is 1. The fourth-order valence-electron chi connectivity index (χ4n) is 4.55. The molecule has 0 aliphatic carbocycles. The summed E-state index contributed by atoms with van der Waals surface area (Å²) in [6, 6.07) is 16.7. The van der Waals surface area contributed by atoms with E-state index in [2.05, 4.69) is 60.8 Å². The fourth-order valence-corrected chi connectivity index (χ4v) is 4.72. The zero-order chi connectivity index (χ0) is 23.0. The Bertz CT molecular complexity index is 1080. The molecule has 1 aliphatic rings. The Hall–Kier alpha value is -2.56. The standard InChI is InChI=1S/C26H33N4O2P/c1-32-17-11-5-3-2-4-10-16-29-18-20-12-6-7-13-21(20)25-26(22-14-8-9-15-23(22)29)30(28-27-25)24(31)19-33/h6-9,12-15H,2-5,10-11,16-19,33H2,1H3. The van der Waals surface area contributed by atoms with Crippen molar-refractivity contribution in [2.24, 2.45) is 0 Å². The summed E-state index contributed by atoms with van der Waals surface area (Å²) in [5.41, 5.74) is 5.96. The number of carbonyl (C=O) groups excluding carboxylic acids is 1. The first-order valence-corrected chi connectivity index (χ1v) is 12.7. The van der Waals surface area contributed by atoms with Crippen molar-refractivity contribution in [1.82, 2.24) is 15.0 Å². The van der Waals surface area contributed by atoms with Crippen molar-refractivity contribution in [2.75, 3.05) is 31.3 Å². The van der Waals surface area contributed by atoms with Gasteiger partial charge in [-0.15, -0.1) is 14.3 Å². The lowest BCUT2D eigenvalue weighted by Crippen LogP contribution is -2.26. The molecule has 4 rings (SSSR count). The second-order valence-electron chi connectivity index (χ2n) is 8.51. The largest absolute Gasteiger partial charge is 0.385 e. The molecule has 0 fully saturated rings. The number of unbranched alkanes of at least 4 members (excludes halogenated alkanes) is 5. The maximum Gasteiger partial charge on any atom is 0.252 e. The van der Waals surface area contributed by atoms with Gasteiger partial charge in [0.1, 0.15) is 11.4 Å². The van der Waals surface area contributed by atoms with Crippen molar-refractivity contribution in [2.45, 2.75) is 45.1 Å². The highest BCUT2D eigenvalue weighted by Crippen LogP contribution is 2.41. The topological polar surface area (TPSA) is 60.2 Å². The van der Waals surface area contributed by atoms with Gasteiger partial charge in [0.2, 0.25) is 0 Å². The number of hydrogen-bond acceptors (Lipinski definition) is 5. The highest BCUT2D eigenvalue weighted by molar-refractivity contribution is 7.18. The van der Waals surface area contributed by atoms with Crippen LogP contribution < -0.4 is 4.90 Å². The van der Waals surface area contributed by atoms with Crippen LogP contribution in [-0.4, -0.2) is 47.3 Å². The normalized spacial score (nSPS) is 12.5. The molecule has 1 aliphatic heterocycles. The van der Waals surface area contributed by atoms with Crippen LogP contribution in [0.5, 0.6) is 0 Å². The van der Waals surface area contributed by atoms with Crippen LogP contribution in [0.1, 0.15) is 48.9 Å². The molecule has 33 heavy (non-hydrogen) atoms. The van der Waals surface area contributed by atoms with Crippen LogP contribution >= 0.6 is 9.24 Å². The molecule has 1 unspecified atom stereocenters. The lowest BCUT2D eigenvalue weighted by molar-refractivity contribution is 0.0926. The summed E-state index contributed by atoms with van der Waals surface area (Å²) in [5.74, 6) is -0.0818. The van der Waals surface area contributed by atoms with Gasteiger partial charge in [0.15, 0.2) is 0 Å². The van der Waals surface area contributed by atoms with Gasteiger partial charge in [-0.1, -0.05) is 73.4 Å².